The van der Waals surface area contributed by atoms with Gasteiger partial charge in [-0.2, -0.15) is 8.78 Å². The minimum absolute atomic E-state index is 0.0906. The van der Waals surface area contributed by atoms with Crippen LogP contribution in [0.1, 0.15) is 26.3 Å². The second-order valence-corrected chi connectivity index (χ2v) is 8.55. The first-order valence-corrected chi connectivity index (χ1v) is 13.8. The van der Waals surface area contributed by atoms with Crippen molar-refractivity contribution in [2.75, 3.05) is 99.6 Å². The van der Waals surface area contributed by atoms with Crippen LogP contribution < -0.4 is 4.74 Å². The molecule has 0 aliphatic heterocycles. The number of alkyl halides is 2. The number of benzene rings is 2. The van der Waals surface area contributed by atoms with E-state index in [0.29, 0.717) is 95.1 Å². The maximum absolute atomic E-state index is 13.0. The van der Waals surface area contributed by atoms with Gasteiger partial charge in [0, 0.05) is 5.56 Å². The van der Waals surface area contributed by atoms with E-state index in [2.05, 4.69) is 9.47 Å². The molecule has 2 rings (SSSR count). The Morgan fingerprint density at radius 3 is 1.47 bits per heavy atom. The van der Waals surface area contributed by atoms with Gasteiger partial charge in [0.05, 0.1) is 104 Å². The summed E-state index contributed by atoms with van der Waals surface area (Å²) >= 11 is 0. The zero-order valence-corrected chi connectivity index (χ0v) is 24.3. The first-order valence-electron chi connectivity index (χ1n) is 13.8. The van der Waals surface area contributed by atoms with Gasteiger partial charge in [0.15, 0.2) is 5.78 Å². The highest BCUT2D eigenvalue weighted by molar-refractivity contribution is 6.11. The van der Waals surface area contributed by atoms with E-state index in [-0.39, 0.29) is 25.6 Å². The lowest BCUT2D eigenvalue weighted by molar-refractivity contribution is -0.140. The average molecular weight is 615 g/mol. The summed E-state index contributed by atoms with van der Waals surface area (Å²) in [5, 5.41) is 0. The van der Waals surface area contributed by atoms with Gasteiger partial charge in [0.25, 0.3) is 0 Å². The van der Waals surface area contributed by atoms with Gasteiger partial charge >= 0.3 is 12.6 Å². The third-order valence-corrected chi connectivity index (χ3v) is 5.52. The molecule has 0 spiro atoms. The molecule has 240 valence electrons. The highest BCUT2D eigenvalue weighted by Gasteiger charge is 2.15. The van der Waals surface area contributed by atoms with Crippen molar-refractivity contribution in [2.24, 2.45) is 0 Å². The number of halogens is 2. The van der Waals surface area contributed by atoms with Crippen LogP contribution in [0.25, 0.3) is 0 Å². The molecule has 11 nitrogen and oxygen atoms in total. The van der Waals surface area contributed by atoms with E-state index in [4.69, 9.17) is 33.2 Å². The molecule has 0 saturated carbocycles. The number of hydrogen-bond donors (Lipinski definition) is 0. The lowest BCUT2D eigenvalue weighted by Crippen LogP contribution is -2.15. The number of ether oxygens (including phenoxy) is 9. The van der Waals surface area contributed by atoms with E-state index in [9.17, 15) is 18.4 Å². The van der Waals surface area contributed by atoms with E-state index in [1.807, 2.05) is 0 Å². The van der Waals surface area contributed by atoms with Crippen molar-refractivity contribution in [2.45, 2.75) is 6.61 Å². The standard InChI is InChI=1S/C30H40F2O11/c1-35-29(34)25-8-6-24(7-9-25)28(33)26-4-2-3-5-27(26)42-22-20-40-18-16-38-14-12-36-10-11-37-13-15-39-17-19-41-21-23-43-30(31)32/h2-9,30H,10-23H2,1H3. The minimum atomic E-state index is -2.78. The largest absolute Gasteiger partial charge is 0.490 e. The van der Waals surface area contributed by atoms with Crippen LogP contribution in [0.4, 0.5) is 8.78 Å². The van der Waals surface area contributed by atoms with Gasteiger partial charge in [0.1, 0.15) is 12.4 Å². The molecule has 2 aromatic rings. The molecule has 0 fully saturated rings. The second-order valence-electron chi connectivity index (χ2n) is 8.55. The first kappa shape index (κ1) is 36.2. The van der Waals surface area contributed by atoms with Crippen molar-refractivity contribution in [3.63, 3.8) is 0 Å². The molecule has 0 atom stereocenters. The molecule has 0 amide bonds. The molecule has 0 N–H and O–H groups in total. The molecule has 0 radical (unpaired) electrons. The molecule has 2 aromatic carbocycles. The number of ketones is 1. The van der Waals surface area contributed by atoms with Gasteiger partial charge < -0.3 is 42.6 Å². The summed E-state index contributed by atoms with van der Waals surface area (Å²) in [5.74, 6) is -0.243. The summed E-state index contributed by atoms with van der Waals surface area (Å²) in [6.45, 7) is 1.64. The third kappa shape index (κ3) is 16.4. The quantitative estimate of drug-likeness (QED) is 0.0882. The van der Waals surface area contributed by atoms with E-state index >= 15 is 0 Å². The zero-order valence-electron chi connectivity index (χ0n) is 24.3. The van der Waals surface area contributed by atoms with Gasteiger partial charge in [-0.3, -0.25) is 4.79 Å². The van der Waals surface area contributed by atoms with Gasteiger partial charge in [0.2, 0.25) is 0 Å². The monoisotopic (exact) mass is 614 g/mol. The fourth-order valence-electron chi connectivity index (χ4n) is 3.42. The molecule has 43 heavy (non-hydrogen) atoms. The summed E-state index contributed by atoms with van der Waals surface area (Å²) in [5.41, 5.74) is 1.21. The van der Waals surface area contributed by atoms with Crippen LogP contribution in [0.5, 0.6) is 5.75 Å². The molecule has 0 bridgehead atoms. The van der Waals surface area contributed by atoms with Gasteiger partial charge in [-0.15, -0.1) is 0 Å². The van der Waals surface area contributed by atoms with E-state index in [1.54, 1.807) is 48.5 Å². The van der Waals surface area contributed by atoms with Crippen LogP contribution in [-0.2, 0) is 37.9 Å². The Labute approximate surface area is 250 Å². The van der Waals surface area contributed by atoms with Gasteiger partial charge in [-0.1, -0.05) is 24.3 Å². The summed E-state index contributed by atoms with van der Waals surface area (Å²) in [6, 6.07) is 13.2. The fraction of sp³-hybridized carbons (Fsp3) is 0.533. The average Bonchev–Trinajstić information content (AvgIpc) is 3.02. The number of carbonyl (C=O) groups is 2. The van der Waals surface area contributed by atoms with Gasteiger partial charge in [-0.05, 0) is 24.3 Å². The maximum Gasteiger partial charge on any atom is 0.345 e. The Hall–Kier alpha value is -3.04. The van der Waals surface area contributed by atoms with Crippen molar-refractivity contribution in [3.8, 4) is 5.75 Å². The molecule has 0 aromatic heterocycles. The van der Waals surface area contributed by atoms with E-state index < -0.39 is 12.6 Å². The highest BCUT2D eigenvalue weighted by atomic mass is 19.3. The summed E-state index contributed by atoms with van der Waals surface area (Å²) < 4.78 is 70.2. The SMILES string of the molecule is COC(=O)c1ccc(C(=O)c2ccccc2OCCOCCOCCOCCOCCOCCOCCOC(F)F)cc1. The molecule has 0 aliphatic carbocycles. The number of para-hydroxylation sites is 1. The Bertz CT molecular complexity index is 1020. The Balaban J connectivity index is 1.42. The van der Waals surface area contributed by atoms with Crippen molar-refractivity contribution in [1.29, 1.82) is 0 Å². The molecular weight excluding hydrogens is 574 g/mol. The Kier molecular flexibility index (Phi) is 19.7. The van der Waals surface area contributed by atoms with Gasteiger partial charge in [-0.25, -0.2) is 4.79 Å². The van der Waals surface area contributed by atoms with Crippen molar-refractivity contribution >= 4 is 11.8 Å². The summed E-state index contributed by atoms with van der Waals surface area (Å²) in [4.78, 5) is 24.6. The van der Waals surface area contributed by atoms with Crippen LogP contribution in [-0.4, -0.2) is 118 Å². The smallest absolute Gasteiger partial charge is 0.345 e. The third-order valence-electron chi connectivity index (χ3n) is 5.52. The lowest BCUT2D eigenvalue weighted by Gasteiger charge is -2.11. The Morgan fingerprint density at radius 1 is 0.581 bits per heavy atom. The van der Waals surface area contributed by atoms with Crippen LogP contribution in [0.3, 0.4) is 0 Å². The molecule has 13 heteroatoms. The molecule has 0 saturated heterocycles. The highest BCUT2D eigenvalue weighted by Crippen LogP contribution is 2.22. The maximum atomic E-state index is 13.0. The number of carbonyl (C=O) groups excluding carboxylic acids is 2. The lowest BCUT2D eigenvalue weighted by atomic mass is 10.0. The number of esters is 1. The van der Waals surface area contributed by atoms with Crippen LogP contribution >= 0.6 is 0 Å². The molecule has 0 unspecified atom stereocenters. The van der Waals surface area contributed by atoms with Crippen LogP contribution in [0, 0.1) is 0 Å². The van der Waals surface area contributed by atoms with Crippen molar-refractivity contribution < 1.29 is 61.0 Å². The number of hydrogen-bond acceptors (Lipinski definition) is 11. The fourth-order valence-corrected chi connectivity index (χ4v) is 3.42. The topological polar surface area (TPSA) is 117 Å². The van der Waals surface area contributed by atoms with Crippen LogP contribution in [0.2, 0.25) is 0 Å². The molecule has 0 aliphatic rings. The predicted octanol–water partition coefficient (Wildman–Crippen LogP) is 3.42. The number of methoxy groups -OCH3 is 1. The van der Waals surface area contributed by atoms with E-state index in [1.165, 1.54) is 7.11 Å². The second kappa shape index (κ2) is 23.4. The molecular formula is C30H40F2O11. The van der Waals surface area contributed by atoms with Crippen LogP contribution in [0.15, 0.2) is 48.5 Å². The molecule has 0 heterocycles. The normalized spacial score (nSPS) is 11.2. The summed E-state index contributed by atoms with van der Waals surface area (Å²) in [6.07, 6.45) is 0. The predicted molar refractivity (Wildman–Crippen MR) is 150 cm³/mol. The minimum Gasteiger partial charge on any atom is -0.490 e. The van der Waals surface area contributed by atoms with E-state index in [0.717, 1.165) is 0 Å². The van der Waals surface area contributed by atoms with Crippen molar-refractivity contribution in [1.82, 2.24) is 0 Å². The summed E-state index contributed by atoms with van der Waals surface area (Å²) in [7, 11) is 1.30. The Morgan fingerprint density at radius 2 is 1.00 bits per heavy atom. The zero-order chi connectivity index (χ0) is 31.0. The number of rotatable bonds is 26. The first-order chi connectivity index (χ1) is 21.0. The van der Waals surface area contributed by atoms with Crippen molar-refractivity contribution in [3.05, 3.63) is 65.2 Å².